The van der Waals surface area contributed by atoms with E-state index < -0.39 is 0 Å². The number of thiophene rings is 1. The highest BCUT2D eigenvalue weighted by atomic mass is 79.9. The Morgan fingerprint density at radius 1 is 1.41 bits per heavy atom. The SMILES string of the molecule is O=C(Cc1cc(Br)cs1)C1Cc2ccccc21. The molecule has 1 nitrogen and oxygen atoms in total. The fraction of sp³-hybridized carbons (Fsp3) is 0.214. The van der Waals surface area contributed by atoms with E-state index in [1.54, 1.807) is 11.3 Å². The lowest BCUT2D eigenvalue weighted by Crippen LogP contribution is -2.26. The molecule has 0 saturated heterocycles. The number of carbonyl (C=O) groups excluding carboxylic acids is 1. The summed E-state index contributed by atoms with van der Waals surface area (Å²) in [6, 6.07) is 10.3. The zero-order chi connectivity index (χ0) is 11.8. The molecule has 86 valence electrons. The number of ketones is 1. The molecule has 17 heavy (non-hydrogen) atoms. The molecule has 0 amide bonds. The molecular weight excluding hydrogens is 296 g/mol. The summed E-state index contributed by atoms with van der Waals surface area (Å²) in [6.07, 6.45) is 1.48. The van der Waals surface area contributed by atoms with E-state index in [0.717, 1.165) is 15.8 Å². The average Bonchev–Trinajstić information content (AvgIpc) is 2.66. The highest BCUT2D eigenvalue weighted by molar-refractivity contribution is 9.10. The fourth-order valence-corrected chi connectivity index (χ4v) is 3.75. The molecule has 3 rings (SSSR count). The van der Waals surface area contributed by atoms with Gasteiger partial charge in [0.25, 0.3) is 0 Å². The van der Waals surface area contributed by atoms with Crippen LogP contribution in [0.1, 0.15) is 21.9 Å². The van der Waals surface area contributed by atoms with Crippen LogP contribution >= 0.6 is 27.3 Å². The fourth-order valence-electron chi connectivity index (χ4n) is 2.29. The smallest absolute Gasteiger partial charge is 0.145 e. The van der Waals surface area contributed by atoms with Gasteiger partial charge in [0, 0.05) is 27.1 Å². The molecule has 2 aromatic rings. The van der Waals surface area contributed by atoms with Crippen LogP contribution in [0.5, 0.6) is 0 Å². The van der Waals surface area contributed by atoms with Crippen LogP contribution in [0, 0.1) is 0 Å². The van der Waals surface area contributed by atoms with Crippen LogP contribution < -0.4 is 0 Å². The van der Waals surface area contributed by atoms with Crippen LogP contribution in [0.25, 0.3) is 0 Å². The molecule has 1 unspecified atom stereocenters. The standard InChI is InChI=1S/C14H11BrOS/c15-10-6-11(17-8-10)7-14(16)13-5-9-3-1-2-4-12(9)13/h1-4,6,8,13H,5,7H2. The maximum absolute atomic E-state index is 12.2. The summed E-state index contributed by atoms with van der Waals surface area (Å²) in [5, 5.41) is 2.03. The van der Waals surface area contributed by atoms with E-state index in [1.165, 1.54) is 11.1 Å². The number of benzene rings is 1. The average molecular weight is 307 g/mol. The Kier molecular flexibility index (Phi) is 2.89. The molecule has 0 fully saturated rings. The van der Waals surface area contributed by atoms with Gasteiger partial charge in [-0.15, -0.1) is 11.3 Å². The maximum atomic E-state index is 12.2. The number of hydrogen-bond acceptors (Lipinski definition) is 2. The summed E-state index contributed by atoms with van der Waals surface area (Å²) in [4.78, 5) is 13.3. The monoisotopic (exact) mass is 306 g/mol. The quantitative estimate of drug-likeness (QED) is 0.839. The molecule has 1 atom stereocenters. The minimum absolute atomic E-state index is 0.132. The normalized spacial score (nSPS) is 17.4. The third-order valence-corrected chi connectivity index (χ3v) is 4.91. The maximum Gasteiger partial charge on any atom is 0.145 e. The molecule has 0 spiro atoms. The summed E-state index contributed by atoms with van der Waals surface area (Å²) in [7, 11) is 0. The number of carbonyl (C=O) groups is 1. The number of fused-ring (bicyclic) bond motifs is 1. The first-order valence-corrected chi connectivity index (χ1v) is 7.25. The molecule has 1 aliphatic carbocycles. The van der Waals surface area contributed by atoms with Crippen molar-refractivity contribution < 1.29 is 4.79 Å². The van der Waals surface area contributed by atoms with Crippen LogP contribution in [0.4, 0.5) is 0 Å². The summed E-state index contributed by atoms with van der Waals surface area (Å²) in [5.74, 6) is 0.477. The minimum Gasteiger partial charge on any atom is -0.299 e. The highest BCUT2D eigenvalue weighted by Gasteiger charge is 2.31. The van der Waals surface area contributed by atoms with E-state index in [0.29, 0.717) is 12.2 Å². The summed E-state index contributed by atoms with van der Waals surface area (Å²) in [6.45, 7) is 0. The molecule has 1 aromatic heterocycles. The van der Waals surface area contributed by atoms with Gasteiger partial charge in [0.2, 0.25) is 0 Å². The third-order valence-electron chi connectivity index (χ3n) is 3.21. The van der Waals surface area contributed by atoms with E-state index in [1.807, 2.05) is 23.6 Å². The van der Waals surface area contributed by atoms with Crippen LogP contribution in [0.3, 0.4) is 0 Å². The zero-order valence-electron chi connectivity index (χ0n) is 9.15. The Morgan fingerprint density at radius 3 is 2.94 bits per heavy atom. The van der Waals surface area contributed by atoms with Gasteiger partial charge in [0.15, 0.2) is 0 Å². The van der Waals surface area contributed by atoms with Gasteiger partial charge in [-0.05, 0) is 39.5 Å². The van der Waals surface area contributed by atoms with E-state index >= 15 is 0 Å². The van der Waals surface area contributed by atoms with Gasteiger partial charge < -0.3 is 0 Å². The molecule has 0 saturated carbocycles. The van der Waals surface area contributed by atoms with E-state index in [2.05, 4.69) is 28.1 Å². The predicted molar refractivity (Wildman–Crippen MR) is 73.6 cm³/mol. The second-order valence-electron chi connectivity index (χ2n) is 4.33. The molecule has 0 aliphatic heterocycles. The first-order chi connectivity index (χ1) is 8.24. The van der Waals surface area contributed by atoms with Gasteiger partial charge >= 0.3 is 0 Å². The number of Topliss-reactive ketones (excluding diaryl/α,β-unsaturated/α-hetero) is 1. The number of halogens is 1. The first-order valence-electron chi connectivity index (χ1n) is 5.57. The molecule has 1 aliphatic rings. The van der Waals surface area contributed by atoms with Gasteiger partial charge in [-0.25, -0.2) is 0 Å². The molecular formula is C14H11BrOS. The lowest BCUT2D eigenvalue weighted by Gasteiger charge is -2.28. The van der Waals surface area contributed by atoms with Crippen LogP contribution in [0.2, 0.25) is 0 Å². The van der Waals surface area contributed by atoms with E-state index in [4.69, 9.17) is 0 Å². The second kappa shape index (κ2) is 4.39. The van der Waals surface area contributed by atoms with Crippen molar-refractivity contribution in [2.75, 3.05) is 0 Å². The summed E-state index contributed by atoms with van der Waals surface area (Å²) in [5.41, 5.74) is 2.56. The Labute approximate surface area is 113 Å². The third kappa shape index (κ3) is 2.09. The van der Waals surface area contributed by atoms with Crippen molar-refractivity contribution >= 4 is 33.0 Å². The topological polar surface area (TPSA) is 17.1 Å². The van der Waals surface area contributed by atoms with Crippen molar-refractivity contribution in [3.8, 4) is 0 Å². The Hall–Kier alpha value is -0.930. The molecule has 0 N–H and O–H groups in total. The van der Waals surface area contributed by atoms with Crippen molar-refractivity contribution in [1.29, 1.82) is 0 Å². The Bertz CT molecular complexity index is 573. The van der Waals surface area contributed by atoms with Crippen LogP contribution in [-0.2, 0) is 17.6 Å². The van der Waals surface area contributed by atoms with Crippen molar-refractivity contribution in [2.45, 2.75) is 18.8 Å². The molecule has 0 radical (unpaired) electrons. The van der Waals surface area contributed by atoms with Crippen LogP contribution in [0.15, 0.2) is 40.2 Å². The van der Waals surface area contributed by atoms with Crippen molar-refractivity contribution in [3.63, 3.8) is 0 Å². The lowest BCUT2D eigenvalue weighted by molar-refractivity contribution is -0.120. The Morgan fingerprint density at radius 2 is 2.24 bits per heavy atom. The van der Waals surface area contributed by atoms with Crippen molar-refractivity contribution in [3.05, 3.63) is 56.2 Å². The summed E-state index contributed by atoms with van der Waals surface area (Å²) < 4.78 is 1.07. The van der Waals surface area contributed by atoms with Crippen molar-refractivity contribution in [1.82, 2.24) is 0 Å². The van der Waals surface area contributed by atoms with Crippen LogP contribution in [-0.4, -0.2) is 5.78 Å². The molecule has 3 heteroatoms. The number of hydrogen-bond donors (Lipinski definition) is 0. The molecule has 1 aromatic carbocycles. The van der Waals surface area contributed by atoms with E-state index in [-0.39, 0.29) is 5.92 Å². The minimum atomic E-state index is 0.132. The number of rotatable bonds is 3. The van der Waals surface area contributed by atoms with Crippen molar-refractivity contribution in [2.24, 2.45) is 0 Å². The molecule has 0 bridgehead atoms. The van der Waals surface area contributed by atoms with Gasteiger partial charge in [-0.2, -0.15) is 0 Å². The van der Waals surface area contributed by atoms with Gasteiger partial charge in [-0.1, -0.05) is 24.3 Å². The molecule has 1 heterocycles. The predicted octanol–water partition coefficient (Wildman–Crippen LogP) is 3.96. The first kappa shape index (κ1) is 11.2. The largest absolute Gasteiger partial charge is 0.299 e. The Balaban J connectivity index is 1.73. The van der Waals surface area contributed by atoms with E-state index in [9.17, 15) is 4.79 Å². The van der Waals surface area contributed by atoms with Gasteiger partial charge in [-0.3, -0.25) is 4.79 Å². The van der Waals surface area contributed by atoms with Gasteiger partial charge in [0.1, 0.15) is 5.78 Å². The lowest BCUT2D eigenvalue weighted by atomic mass is 9.74. The second-order valence-corrected chi connectivity index (χ2v) is 6.24. The highest BCUT2D eigenvalue weighted by Crippen LogP contribution is 2.36. The summed E-state index contributed by atoms with van der Waals surface area (Å²) >= 11 is 5.06. The zero-order valence-corrected chi connectivity index (χ0v) is 11.6. The van der Waals surface area contributed by atoms with Gasteiger partial charge in [0.05, 0.1) is 0 Å².